The van der Waals surface area contributed by atoms with Gasteiger partial charge in [0.2, 0.25) is 11.8 Å². The minimum Gasteiger partial charge on any atom is -0.495 e. The molecule has 1 aliphatic heterocycles. The maximum atomic E-state index is 12.4. The van der Waals surface area contributed by atoms with E-state index < -0.39 is 0 Å². The molecule has 1 aromatic heterocycles. The van der Waals surface area contributed by atoms with Crippen LogP contribution in [0.3, 0.4) is 0 Å². The summed E-state index contributed by atoms with van der Waals surface area (Å²) in [7, 11) is 3.35. The second-order valence-electron chi connectivity index (χ2n) is 5.96. The Kier molecular flexibility index (Phi) is 4.94. The number of hydrogen-bond acceptors (Lipinski definition) is 4. The Hall–Kier alpha value is -2.54. The number of methoxy groups -OCH3 is 1. The predicted molar refractivity (Wildman–Crippen MR) is 93.5 cm³/mol. The van der Waals surface area contributed by atoms with Gasteiger partial charge in [0.25, 0.3) is 0 Å². The first-order valence-corrected chi connectivity index (χ1v) is 8.25. The quantitative estimate of drug-likeness (QED) is 0.879. The number of nitrogens with one attached hydrogen (secondary N) is 1. The van der Waals surface area contributed by atoms with Crippen LogP contribution in [0.25, 0.3) is 0 Å². The van der Waals surface area contributed by atoms with E-state index >= 15 is 0 Å². The molecule has 0 aliphatic carbocycles. The lowest BCUT2D eigenvalue weighted by Crippen LogP contribution is -2.32. The number of aryl methyl sites for hydroxylation is 1. The summed E-state index contributed by atoms with van der Waals surface area (Å²) in [4.78, 5) is 26.2. The zero-order valence-corrected chi connectivity index (χ0v) is 14.8. The molecule has 7 nitrogen and oxygen atoms in total. The van der Waals surface area contributed by atoms with Gasteiger partial charge in [0.1, 0.15) is 5.75 Å². The molecule has 2 amide bonds. The molecule has 0 unspecified atom stereocenters. The molecule has 1 N–H and O–H groups in total. The van der Waals surface area contributed by atoms with Gasteiger partial charge in [0.15, 0.2) is 0 Å². The molecular weight excluding hydrogens is 344 g/mol. The van der Waals surface area contributed by atoms with E-state index in [4.69, 9.17) is 16.3 Å². The van der Waals surface area contributed by atoms with E-state index in [1.165, 1.54) is 7.11 Å². The number of benzene rings is 1. The van der Waals surface area contributed by atoms with Gasteiger partial charge in [0, 0.05) is 44.0 Å². The zero-order chi connectivity index (χ0) is 18.0. The standard InChI is InChI=1S/C17H19ClN4O3/c1-21-9-11(8-20-21)7-19-17(24)12-5-16(23)22(10-12)13-3-4-15(25-2)14(18)6-13/h3-4,6,8-9,12H,5,7,10H2,1-2H3,(H,19,24)/t12-/m0/s1. The van der Waals surface area contributed by atoms with Crippen LogP contribution < -0.4 is 15.0 Å². The first kappa shape index (κ1) is 17.3. The van der Waals surface area contributed by atoms with Gasteiger partial charge in [-0.05, 0) is 18.2 Å². The Balaban J connectivity index is 1.63. The fraction of sp³-hybridized carbons (Fsp3) is 0.353. The number of halogens is 1. The van der Waals surface area contributed by atoms with Gasteiger partial charge in [0.05, 0.1) is 24.2 Å². The van der Waals surface area contributed by atoms with Crippen molar-refractivity contribution in [1.82, 2.24) is 15.1 Å². The van der Waals surface area contributed by atoms with Crippen LogP contribution in [0.1, 0.15) is 12.0 Å². The van der Waals surface area contributed by atoms with Crippen LogP contribution in [0.15, 0.2) is 30.6 Å². The third-order valence-electron chi connectivity index (χ3n) is 4.17. The van der Waals surface area contributed by atoms with E-state index in [1.54, 1.807) is 34.0 Å². The normalized spacial score (nSPS) is 17.0. The lowest BCUT2D eigenvalue weighted by molar-refractivity contribution is -0.126. The third kappa shape index (κ3) is 3.76. The average molecular weight is 363 g/mol. The van der Waals surface area contributed by atoms with Crippen LogP contribution in [0, 0.1) is 5.92 Å². The Morgan fingerprint density at radius 2 is 2.28 bits per heavy atom. The SMILES string of the molecule is COc1ccc(N2C[C@@H](C(=O)NCc3cnn(C)c3)CC2=O)cc1Cl. The molecule has 0 saturated carbocycles. The monoisotopic (exact) mass is 362 g/mol. The number of hydrogen-bond donors (Lipinski definition) is 1. The summed E-state index contributed by atoms with van der Waals surface area (Å²) in [5.41, 5.74) is 1.58. The summed E-state index contributed by atoms with van der Waals surface area (Å²) in [6.45, 7) is 0.728. The fourth-order valence-corrected chi connectivity index (χ4v) is 3.10. The number of amides is 2. The number of anilines is 1. The Morgan fingerprint density at radius 3 is 2.92 bits per heavy atom. The van der Waals surface area contributed by atoms with Crippen molar-refractivity contribution in [2.45, 2.75) is 13.0 Å². The Bertz CT molecular complexity index is 805. The van der Waals surface area contributed by atoms with Crippen LogP contribution in [-0.4, -0.2) is 35.2 Å². The van der Waals surface area contributed by atoms with Crippen molar-refractivity contribution in [1.29, 1.82) is 0 Å². The first-order chi connectivity index (χ1) is 12.0. The molecule has 1 atom stereocenters. The molecule has 1 aromatic carbocycles. The van der Waals surface area contributed by atoms with Crippen molar-refractivity contribution in [3.8, 4) is 5.75 Å². The minimum absolute atomic E-state index is 0.0947. The molecule has 0 radical (unpaired) electrons. The second kappa shape index (κ2) is 7.14. The summed E-state index contributed by atoms with van der Waals surface area (Å²) in [5, 5.41) is 7.35. The van der Waals surface area contributed by atoms with E-state index in [-0.39, 0.29) is 24.2 Å². The molecule has 3 rings (SSSR count). The fourth-order valence-electron chi connectivity index (χ4n) is 2.85. The van der Waals surface area contributed by atoms with Crippen LogP contribution in [0.5, 0.6) is 5.75 Å². The number of carbonyl (C=O) groups excluding carboxylic acids is 2. The van der Waals surface area contributed by atoms with E-state index in [1.807, 2.05) is 13.2 Å². The topological polar surface area (TPSA) is 76.5 Å². The summed E-state index contributed by atoms with van der Waals surface area (Å²) in [6.07, 6.45) is 3.72. The zero-order valence-electron chi connectivity index (χ0n) is 14.0. The smallest absolute Gasteiger partial charge is 0.227 e. The highest BCUT2D eigenvalue weighted by Crippen LogP contribution is 2.32. The van der Waals surface area contributed by atoms with Crippen molar-refractivity contribution >= 4 is 29.1 Å². The lowest BCUT2D eigenvalue weighted by Gasteiger charge is -2.17. The molecular formula is C17H19ClN4O3. The molecule has 8 heteroatoms. The highest BCUT2D eigenvalue weighted by molar-refractivity contribution is 6.32. The van der Waals surface area contributed by atoms with Crippen molar-refractivity contribution in [3.63, 3.8) is 0 Å². The second-order valence-corrected chi connectivity index (χ2v) is 6.37. The predicted octanol–water partition coefficient (Wildman–Crippen LogP) is 1.75. The Labute approximate surface area is 150 Å². The summed E-state index contributed by atoms with van der Waals surface area (Å²) < 4.78 is 6.79. The van der Waals surface area contributed by atoms with Crippen LogP contribution in [-0.2, 0) is 23.2 Å². The van der Waals surface area contributed by atoms with Crippen molar-refractivity contribution < 1.29 is 14.3 Å². The summed E-state index contributed by atoms with van der Waals surface area (Å²) in [5.74, 6) is -0.0741. The Morgan fingerprint density at radius 1 is 1.48 bits per heavy atom. The maximum Gasteiger partial charge on any atom is 0.227 e. The number of carbonyl (C=O) groups is 2. The maximum absolute atomic E-state index is 12.4. The highest BCUT2D eigenvalue weighted by atomic mass is 35.5. The van der Waals surface area contributed by atoms with Crippen LogP contribution in [0.4, 0.5) is 5.69 Å². The largest absolute Gasteiger partial charge is 0.495 e. The highest BCUT2D eigenvalue weighted by Gasteiger charge is 2.35. The van der Waals surface area contributed by atoms with E-state index in [0.29, 0.717) is 29.5 Å². The number of aromatic nitrogens is 2. The molecule has 132 valence electrons. The third-order valence-corrected chi connectivity index (χ3v) is 4.46. The van der Waals surface area contributed by atoms with Gasteiger partial charge in [-0.25, -0.2) is 0 Å². The van der Waals surface area contributed by atoms with Gasteiger partial charge in [-0.3, -0.25) is 14.3 Å². The number of nitrogens with zero attached hydrogens (tertiary/aromatic N) is 3. The van der Waals surface area contributed by atoms with E-state index in [2.05, 4.69) is 10.4 Å². The van der Waals surface area contributed by atoms with Crippen molar-refractivity contribution in [3.05, 3.63) is 41.2 Å². The van der Waals surface area contributed by atoms with Crippen LogP contribution in [0.2, 0.25) is 5.02 Å². The summed E-state index contributed by atoms with van der Waals surface area (Å²) in [6, 6.07) is 5.15. The number of rotatable bonds is 5. The molecule has 2 aromatic rings. The van der Waals surface area contributed by atoms with Gasteiger partial charge in [-0.1, -0.05) is 11.6 Å². The van der Waals surface area contributed by atoms with Crippen LogP contribution >= 0.6 is 11.6 Å². The average Bonchev–Trinajstić information content (AvgIpc) is 3.18. The van der Waals surface area contributed by atoms with Gasteiger partial charge in [-0.15, -0.1) is 0 Å². The molecule has 0 bridgehead atoms. The van der Waals surface area contributed by atoms with Gasteiger partial charge < -0.3 is 15.0 Å². The lowest BCUT2D eigenvalue weighted by atomic mass is 10.1. The molecule has 1 fully saturated rings. The molecule has 25 heavy (non-hydrogen) atoms. The minimum atomic E-state index is -0.384. The molecule has 1 aliphatic rings. The summed E-state index contributed by atoms with van der Waals surface area (Å²) >= 11 is 6.12. The van der Waals surface area contributed by atoms with Gasteiger partial charge in [-0.2, -0.15) is 5.10 Å². The van der Waals surface area contributed by atoms with Crippen molar-refractivity contribution in [2.24, 2.45) is 13.0 Å². The van der Waals surface area contributed by atoms with E-state index in [9.17, 15) is 9.59 Å². The van der Waals surface area contributed by atoms with E-state index in [0.717, 1.165) is 5.56 Å². The number of ether oxygens (including phenoxy) is 1. The molecule has 0 spiro atoms. The van der Waals surface area contributed by atoms with Gasteiger partial charge >= 0.3 is 0 Å². The first-order valence-electron chi connectivity index (χ1n) is 7.87. The molecule has 1 saturated heterocycles. The van der Waals surface area contributed by atoms with Crippen molar-refractivity contribution in [2.75, 3.05) is 18.6 Å². The molecule has 2 heterocycles.